The molecule has 0 aromatic heterocycles. The summed E-state index contributed by atoms with van der Waals surface area (Å²) in [6.45, 7) is 4.04. The molecule has 1 N–H and O–H groups in total. The molecule has 20 heavy (non-hydrogen) atoms. The van der Waals surface area contributed by atoms with Gasteiger partial charge in [0.05, 0.1) is 5.02 Å². The van der Waals surface area contributed by atoms with Gasteiger partial charge < -0.3 is 5.32 Å². The minimum Gasteiger partial charge on any atom is -0.313 e. The monoisotopic (exact) mass is 296 g/mol. The molecule has 3 rings (SSSR count). The summed E-state index contributed by atoms with van der Waals surface area (Å²) in [4.78, 5) is 2.45. The zero-order valence-corrected chi connectivity index (χ0v) is 12.5. The first kappa shape index (κ1) is 14.3. The molecule has 1 heterocycles. The lowest BCUT2D eigenvalue weighted by Crippen LogP contribution is -2.38. The van der Waals surface area contributed by atoms with Crippen LogP contribution < -0.4 is 5.32 Å². The fourth-order valence-electron chi connectivity index (χ4n) is 3.00. The van der Waals surface area contributed by atoms with E-state index < -0.39 is 0 Å². The number of benzene rings is 1. The van der Waals surface area contributed by atoms with E-state index in [4.69, 9.17) is 11.6 Å². The zero-order chi connectivity index (χ0) is 13.9. The number of nitrogens with one attached hydrogen (secondary N) is 1. The summed E-state index contributed by atoms with van der Waals surface area (Å²) in [5.41, 5.74) is 0.908. The van der Waals surface area contributed by atoms with Gasteiger partial charge in [-0.2, -0.15) is 0 Å². The van der Waals surface area contributed by atoms with Crippen LogP contribution in [0.15, 0.2) is 18.2 Å². The quantitative estimate of drug-likeness (QED) is 0.865. The molecule has 0 bridgehead atoms. The van der Waals surface area contributed by atoms with Gasteiger partial charge in [0.2, 0.25) is 0 Å². The van der Waals surface area contributed by atoms with Crippen LogP contribution in [0.5, 0.6) is 0 Å². The molecule has 1 saturated heterocycles. The Kier molecular flexibility index (Phi) is 4.59. The molecular formula is C16H22ClFN2. The summed E-state index contributed by atoms with van der Waals surface area (Å²) >= 11 is 6.09. The van der Waals surface area contributed by atoms with Crippen LogP contribution in [0.3, 0.4) is 0 Å². The van der Waals surface area contributed by atoms with Gasteiger partial charge in [0.25, 0.3) is 0 Å². The van der Waals surface area contributed by atoms with E-state index in [0.29, 0.717) is 6.04 Å². The fourth-order valence-corrected chi connectivity index (χ4v) is 3.19. The number of nitrogens with zero attached hydrogens (tertiary/aromatic N) is 1. The zero-order valence-electron chi connectivity index (χ0n) is 11.7. The average molecular weight is 297 g/mol. The van der Waals surface area contributed by atoms with Crippen molar-refractivity contribution >= 4 is 11.6 Å². The third-order valence-electron chi connectivity index (χ3n) is 4.28. The van der Waals surface area contributed by atoms with Crippen molar-refractivity contribution in [2.24, 2.45) is 5.92 Å². The van der Waals surface area contributed by atoms with E-state index in [0.717, 1.165) is 37.7 Å². The predicted molar refractivity (Wildman–Crippen MR) is 80.4 cm³/mol. The molecule has 1 saturated carbocycles. The van der Waals surface area contributed by atoms with Crippen LogP contribution in [0.1, 0.15) is 31.2 Å². The maximum Gasteiger partial charge on any atom is 0.142 e. The molecule has 1 unspecified atom stereocenters. The van der Waals surface area contributed by atoms with Gasteiger partial charge in [-0.15, -0.1) is 0 Å². The van der Waals surface area contributed by atoms with Gasteiger partial charge in [-0.1, -0.05) is 23.7 Å². The van der Waals surface area contributed by atoms with Crippen molar-refractivity contribution in [1.82, 2.24) is 10.2 Å². The Balaban J connectivity index is 1.66. The van der Waals surface area contributed by atoms with Gasteiger partial charge in [0.15, 0.2) is 0 Å². The van der Waals surface area contributed by atoms with Crippen LogP contribution in [0, 0.1) is 11.7 Å². The molecule has 0 radical (unpaired) electrons. The van der Waals surface area contributed by atoms with Crippen molar-refractivity contribution in [3.8, 4) is 0 Å². The highest BCUT2D eigenvalue weighted by Crippen LogP contribution is 2.31. The molecule has 0 amide bonds. The smallest absolute Gasteiger partial charge is 0.142 e. The van der Waals surface area contributed by atoms with Gasteiger partial charge in [-0.05, 0) is 49.8 Å². The molecule has 0 spiro atoms. The normalized spacial score (nSPS) is 22.6. The molecule has 1 atom stereocenters. The maximum atomic E-state index is 13.5. The number of hydrogen-bond acceptors (Lipinski definition) is 2. The average Bonchev–Trinajstić information content (AvgIpc) is 3.09. The highest BCUT2D eigenvalue weighted by atomic mass is 35.5. The second kappa shape index (κ2) is 6.42. The molecule has 2 aliphatic rings. The van der Waals surface area contributed by atoms with Crippen LogP contribution in [-0.2, 0) is 6.54 Å². The Bertz CT molecular complexity index is 456. The first-order valence-electron chi connectivity index (χ1n) is 7.61. The lowest BCUT2D eigenvalue weighted by Gasteiger charge is -2.26. The van der Waals surface area contributed by atoms with E-state index in [2.05, 4.69) is 10.2 Å². The van der Waals surface area contributed by atoms with E-state index in [9.17, 15) is 4.39 Å². The molecule has 2 nitrogen and oxygen atoms in total. The van der Waals surface area contributed by atoms with Crippen LogP contribution in [0.4, 0.5) is 4.39 Å². The Morgan fingerprint density at radius 2 is 2.10 bits per heavy atom. The summed E-state index contributed by atoms with van der Waals surface area (Å²) in [5.74, 6) is 0.526. The third-order valence-corrected chi connectivity index (χ3v) is 4.70. The molecule has 1 aromatic rings. The topological polar surface area (TPSA) is 15.3 Å². The molecule has 1 aliphatic heterocycles. The standard InChI is InChI=1S/C16H22ClFN2/c17-16-13(3-1-5-15(16)18)10-20(9-12-6-7-12)11-14-4-2-8-19-14/h1,3,5,12,14,19H,2,4,6-11H2. The van der Waals surface area contributed by atoms with E-state index >= 15 is 0 Å². The predicted octanol–water partition coefficient (Wildman–Crippen LogP) is 3.44. The third kappa shape index (κ3) is 3.72. The van der Waals surface area contributed by atoms with Gasteiger partial charge in [-0.25, -0.2) is 4.39 Å². The van der Waals surface area contributed by atoms with Crippen molar-refractivity contribution in [1.29, 1.82) is 0 Å². The van der Waals surface area contributed by atoms with Gasteiger partial charge >= 0.3 is 0 Å². The minimum absolute atomic E-state index is 0.285. The minimum atomic E-state index is -0.311. The molecule has 4 heteroatoms. The van der Waals surface area contributed by atoms with Crippen LogP contribution in [0.2, 0.25) is 5.02 Å². The summed E-state index contributed by atoms with van der Waals surface area (Å²) in [6, 6.07) is 5.70. The Hall–Kier alpha value is -0.640. The van der Waals surface area contributed by atoms with Crippen LogP contribution >= 0.6 is 11.6 Å². The molecule has 1 aromatic carbocycles. The largest absolute Gasteiger partial charge is 0.313 e. The van der Waals surface area contributed by atoms with Gasteiger partial charge in [0, 0.05) is 25.7 Å². The number of hydrogen-bond donors (Lipinski definition) is 1. The Morgan fingerprint density at radius 1 is 1.25 bits per heavy atom. The van der Waals surface area contributed by atoms with E-state index in [1.807, 2.05) is 6.07 Å². The summed E-state index contributed by atoms with van der Waals surface area (Å²) in [7, 11) is 0. The van der Waals surface area contributed by atoms with E-state index in [1.54, 1.807) is 6.07 Å². The van der Waals surface area contributed by atoms with Crippen LogP contribution in [-0.4, -0.2) is 30.6 Å². The fraction of sp³-hybridized carbons (Fsp3) is 0.625. The first-order chi connectivity index (χ1) is 9.72. The highest BCUT2D eigenvalue weighted by Gasteiger charge is 2.27. The van der Waals surface area contributed by atoms with Crippen molar-refractivity contribution in [3.05, 3.63) is 34.6 Å². The lowest BCUT2D eigenvalue weighted by molar-refractivity contribution is 0.231. The highest BCUT2D eigenvalue weighted by molar-refractivity contribution is 6.31. The molecule has 1 aliphatic carbocycles. The Labute approximate surface area is 125 Å². The van der Waals surface area contributed by atoms with Crippen LogP contribution in [0.25, 0.3) is 0 Å². The Morgan fingerprint density at radius 3 is 2.80 bits per heavy atom. The van der Waals surface area contributed by atoms with Gasteiger partial charge in [0.1, 0.15) is 5.82 Å². The second-order valence-electron chi connectivity index (χ2n) is 6.14. The van der Waals surface area contributed by atoms with Crippen molar-refractivity contribution in [2.45, 2.75) is 38.3 Å². The maximum absolute atomic E-state index is 13.5. The SMILES string of the molecule is Fc1cccc(CN(CC2CC2)CC2CCCN2)c1Cl. The second-order valence-corrected chi connectivity index (χ2v) is 6.52. The molecule has 110 valence electrons. The van der Waals surface area contributed by atoms with E-state index in [-0.39, 0.29) is 10.8 Å². The van der Waals surface area contributed by atoms with Gasteiger partial charge in [-0.3, -0.25) is 4.90 Å². The number of halogens is 2. The summed E-state index contributed by atoms with van der Waals surface area (Å²) < 4.78 is 13.5. The van der Waals surface area contributed by atoms with Crippen molar-refractivity contribution < 1.29 is 4.39 Å². The first-order valence-corrected chi connectivity index (χ1v) is 7.99. The molecular weight excluding hydrogens is 275 g/mol. The number of rotatable bonds is 6. The molecule has 2 fully saturated rings. The summed E-state index contributed by atoms with van der Waals surface area (Å²) in [6.07, 6.45) is 5.19. The van der Waals surface area contributed by atoms with E-state index in [1.165, 1.54) is 31.7 Å². The summed E-state index contributed by atoms with van der Waals surface area (Å²) in [5, 5.41) is 3.83. The van der Waals surface area contributed by atoms with Crippen molar-refractivity contribution in [3.63, 3.8) is 0 Å². The van der Waals surface area contributed by atoms with Crippen molar-refractivity contribution in [2.75, 3.05) is 19.6 Å². The lowest BCUT2D eigenvalue weighted by atomic mass is 10.1.